The highest BCUT2D eigenvalue weighted by Crippen LogP contribution is 2.31. The first kappa shape index (κ1) is 10.2. The van der Waals surface area contributed by atoms with E-state index in [4.69, 9.17) is 0 Å². The minimum absolute atomic E-state index is 0.311. The van der Waals surface area contributed by atoms with E-state index in [1.165, 1.54) is 0 Å². The molecule has 0 aliphatic carbocycles. The molecule has 13 heavy (non-hydrogen) atoms. The molecule has 4 heteroatoms. The summed E-state index contributed by atoms with van der Waals surface area (Å²) in [7, 11) is 0. The van der Waals surface area contributed by atoms with Crippen LogP contribution in [0.2, 0.25) is 0 Å². The molecule has 0 fully saturated rings. The van der Waals surface area contributed by atoms with Crippen molar-refractivity contribution < 1.29 is 4.76 Å². The Morgan fingerprint density at radius 2 is 1.92 bits per heavy atom. The molecule has 4 nitrogen and oxygen atoms in total. The number of allylic oxidation sites excluding steroid dienone is 2. The summed E-state index contributed by atoms with van der Waals surface area (Å²) in [5.74, 6) is 0. The van der Waals surface area contributed by atoms with Crippen molar-refractivity contribution in [3.05, 3.63) is 21.5 Å². The SMILES string of the molecule is CC1=C(C)[N+](=O)[C@H](C)C(C)(C)N1[O-]. The Labute approximate surface area is 78.4 Å². The lowest BCUT2D eigenvalue weighted by atomic mass is 9.92. The summed E-state index contributed by atoms with van der Waals surface area (Å²) >= 11 is 0. The van der Waals surface area contributed by atoms with Gasteiger partial charge in [-0.3, -0.25) is 0 Å². The quantitative estimate of drug-likeness (QED) is 0.541. The van der Waals surface area contributed by atoms with Crippen LogP contribution in [0, 0.1) is 10.1 Å². The van der Waals surface area contributed by atoms with Gasteiger partial charge in [0, 0.05) is 23.5 Å². The molecule has 0 aromatic heterocycles. The average Bonchev–Trinajstić information content (AvgIpc) is 2.09. The van der Waals surface area contributed by atoms with Gasteiger partial charge in [-0.15, -0.1) is 0 Å². The van der Waals surface area contributed by atoms with Crippen molar-refractivity contribution in [1.29, 1.82) is 0 Å². The van der Waals surface area contributed by atoms with Crippen LogP contribution in [-0.2, 0) is 0 Å². The van der Waals surface area contributed by atoms with Gasteiger partial charge >= 0.3 is 0 Å². The molecule has 1 heterocycles. The Balaban J connectivity index is 3.23. The Morgan fingerprint density at radius 1 is 1.46 bits per heavy atom. The van der Waals surface area contributed by atoms with E-state index in [1.807, 2.05) is 0 Å². The third kappa shape index (κ3) is 1.25. The second kappa shape index (κ2) is 2.80. The van der Waals surface area contributed by atoms with E-state index in [1.54, 1.807) is 34.6 Å². The van der Waals surface area contributed by atoms with Crippen LogP contribution in [0.15, 0.2) is 11.4 Å². The van der Waals surface area contributed by atoms with Gasteiger partial charge in [0.1, 0.15) is 0 Å². The highest BCUT2D eigenvalue weighted by Gasteiger charge is 2.45. The summed E-state index contributed by atoms with van der Waals surface area (Å²) < 4.78 is 0.920. The third-order valence-electron chi connectivity index (χ3n) is 3.06. The van der Waals surface area contributed by atoms with Crippen molar-refractivity contribution in [2.45, 2.75) is 46.2 Å². The molecular formula is C9H16N2O2. The second-order valence-electron chi connectivity index (χ2n) is 4.12. The van der Waals surface area contributed by atoms with Gasteiger partial charge in [-0.1, -0.05) is 0 Å². The molecule has 0 saturated heterocycles. The number of hydrogen-bond acceptors (Lipinski definition) is 3. The van der Waals surface area contributed by atoms with Gasteiger partial charge in [-0.05, 0) is 20.8 Å². The number of nitrogens with zero attached hydrogens (tertiary/aromatic N) is 2. The topological polar surface area (TPSA) is 46.4 Å². The van der Waals surface area contributed by atoms with E-state index in [2.05, 4.69) is 0 Å². The second-order valence-corrected chi connectivity index (χ2v) is 4.12. The highest BCUT2D eigenvalue weighted by molar-refractivity contribution is 5.12. The van der Waals surface area contributed by atoms with Crippen LogP contribution in [0.5, 0.6) is 0 Å². The Bertz CT molecular complexity index is 281. The standard InChI is InChI=1S/C9H16N2O2/c1-6-7(2)11(13)9(4,5)8(3)10(6)12/h8H,1-5H3/t8-/m1/s1. The van der Waals surface area contributed by atoms with Crippen LogP contribution < -0.4 is 0 Å². The lowest BCUT2D eigenvalue weighted by molar-refractivity contribution is -0.558. The number of hydrogen-bond donors (Lipinski definition) is 0. The Hall–Kier alpha value is -0.900. The zero-order valence-electron chi connectivity index (χ0n) is 8.79. The first-order chi connectivity index (χ1) is 5.80. The Morgan fingerprint density at radius 3 is 2.38 bits per heavy atom. The first-order valence-corrected chi connectivity index (χ1v) is 4.41. The molecule has 0 saturated carbocycles. The monoisotopic (exact) mass is 184 g/mol. The first-order valence-electron chi connectivity index (χ1n) is 4.41. The van der Waals surface area contributed by atoms with Crippen LogP contribution in [0.4, 0.5) is 0 Å². The van der Waals surface area contributed by atoms with Crippen molar-refractivity contribution in [3.8, 4) is 0 Å². The summed E-state index contributed by atoms with van der Waals surface area (Å²) in [5.41, 5.74) is 0.380. The van der Waals surface area contributed by atoms with E-state index in [0.29, 0.717) is 11.4 Å². The Kier molecular flexibility index (Phi) is 2.20. The fraction of sp³-hybridized carbons (Fsp3) is 0.778. The largest absolute Gasteiger partial charge is 0.758 e. The van der Waals surface area contributed by atoms with Crippen molar-refractivity contribution in [2.24, 2.45) is 0 Å². The maximum atomic E-state index is 11.7. The summed E-state index contributed by atoms with van der Waals surface area (Å²) in [4.78, 5) is 11.6. The van der Waals surface area contributed by atoms with Gasteiger partial charge in [-0.2, -0.15) is 0 Å². The van der Waals surface area contributed by atoms with E-state index in [0.717, 1.165) is 9.82 Å². The van der Waals surface area contributed by atoms with Gasteiger partial charge in [-0.25, -0.2) is 0 Å². The molecule has 0 N–H and O–H groups in total. The normalized spacial score (nSPS) is 28.3. The minimum atomic E-state index is -0.647. The van der Waals surface area contributed by atoms with Crippen LogP contribution in [0.3, 0.4) is 0 Å². The van der Waals surface area contributed by atoms with E-state index in [9.17, 15) is 10.1 Å². The predicted molar refractivity (Wildman–Crippen MR) is 50.7 cm³/mol. The summed E-state index contributed by atoms with van der Waals surface area (Å²) in [6.45, 7) is 8.70. The van der Waals surface area contributed by atoms with Gasteiger partial charge in [0.25, 0.3) is 0 Å². The molecule has 1 aliphatic rings. The average molecular weight is 184 g/mol. The lowest BCUT2D eigenvalue weighted by Crippen LogP contribution is -2.55. The van der Waals surface area contributed by atoms with Gasteiger partial charge in [0.05, 0.1) is 11.2 Å². The van der Waals surface area contributed by atoms with Crippen molar-refractivity contribution in [1.82, 2.24) is 5.06 Å². The van der Waals surface area contributed by atoms with Crippen LogP contribution in [0.25, 0.3) is 0 Å². The highest BCUT2D eigenvalue weighted by atomic mass is 16.5. The summed E-state index contributed by atoms with van der Waals surface area (Å²) in [5, 5.41) is 12.6. The number of nitroso groups, excluding NO2 is 1. The molecule has 0 aromatic carbocycles. The predicted octanol–water partition coefficient (Wildman–Crippen LogP) is 2.00. The van der Waals surface area contributed by atoms with Gasteiger partial charge in [0.15, 0.2) is 0 Å². The smallest absolute Gasteiger partial charge is 0.248 e. The van der Waals surface area contributed by atoms with E-state index >= 15 is 0 Å². The number of rotatable bonds is 0. The fourth-order valence-corrected chi connectivity index (χ4v) is 1.49. The summed E-state index contributed by atoms with van der Waals surface area (Å²) in [6.07, 6.45) is 0. The molecule has 1 aliphatic heterocycles. The lowest BCUT2D eigenvalue weighted by Gasteiger charge is -2.48. The van der Waals surface area contributed by atoms with Gasteiger partial charge in [0.2, 0.25) is 11.7 Å². The van der Waals surface area contributed by atoms with Crippen molar-refractivity contribution >= 4 is 0 Å². The van der Waals surface area contributed by atoms with Crippen molar-refractivity contribution in [2.75, 3.05) is 0 Å². The number of hydroxylamine groups is 2. The molecule has 1 rings (SSSR count). The molecule has 1 atom stereocenters. The zero-order valence-corrected chi connectivity index (χ0v) is 8.79. The minimum Gasteiger partial charge on any atom is -0.758 e. The summed E-state index contributed by atoms with van der Waals surface area (Å²) in [6, 6.07) is -0.311. The maximum absolute atomic E-state index is 11.7. The molecular weight excluding hydrogens is 168 g/mol. The molecule has 0 spiro atoms. The molecule has 0 amide bonds. The fourth-order valence-electron chi connectivity index (χ4n) is 1.49. The molecule has 74 valence electrons. The molecule has 0 radical (unpaired) electrons. The molecule has 0 aromatic rings. The van der Waals surface area contributed by atoms with Crippen LogP contribution in [-0.4, -0.2) is 21.4 Å². The van der Waals surface area contributed by atoms with Crippen LogP contribution in [0.1, 0.15) is 34.6 Å². The van der Waals surface area contributed by atoms with E-state index < -0.39 is 5.54 Å². The van der Waals surface area contributed by atoms with Crippen LogP contribution >= 0.6 is 0 Å². The van der Waals surface area contributed by atoms with Crippen molar-refractivity contribution in [3.63, 3.8) is 0 Å². The van der Waals surface area contributed by atoms with E-state index in [-0.39, 0.29) is 6.04 Å². The van der Waals surface area contributed by atoms with Gasteiger partial charge < -0.3 is 10.3 Å². The molecule has 0 unspecified atom stereocenters. The third-order valence-corrected chi connectivity index (χ3v) is 3.06. The zero-order chi connectivity index (χ0) is 10.4. The maximum Gasteiger partial charge on any atom is 0.248 e. The molecule has 0 bridgehead atoms.